The topological polar surface area (TPSA) is 34.1 Å². The number of carbonyl (C=O) groups is 2. The van der Waals surface area contributed by atoms with Crippen LogP contribution in [-0.2, 0) is 9.59 Å². The highest BCUT2D eigenvalue weighted by molar-refractivity contribution is 6.06. The normalized spacial score (nSPS) is 11.8. The lowest BCUT2D eigenvalue weighted by Gasteiger charge is -2.25. The molecule has 0 aliphatic heterocycles. The highest BCUT2D eigenvalue weighted by Crippen LogP contribution is 2.29. The molecule has 0 fully saturated rings. The lowest BCUT2D eigenvalue weighted by Crippen LogP contribution is -2.35. The second-order valence-corrected chi connectivity index (χ2v) is 12.5. The smallest absolute Gasteiger partial charge is 0.146 e. The van der Waals surface area contributed by atoms with E-state index in [1.165, 1.54) is 141 Å². The molecular weight excluding hydrogens is 464 g/mol. The van der Waals surface area contributed by atoms with E-state index in [1.54, 1.807) is 0 Å². The van der Waals surface area contributed by atoms with Gasteiger partial charge in [0.25, 0.3) is 0 Å². The van der Waals surface area contributed by atoms with Gasteiger partial charge < -0.3 is 0 Å². The molecule has 2 heteroatoms. The van der Waals surface area contributed by atoms with E-state index in [0.717, 1.165) is 25.7 Å². The number of carbonyl (C=O) groups excluding carboxylic acids is 2. The van der Waals surface area contributed by atoms with Crippen molar-refractivity contribution in [3.8, 4) is 0 Å². The van der Waals surface area contributed by atoms with E-state index in [4.69, 9.17) is 0 Å². The maximum atomic E-state index is 13.0. The Labute approximate surface area is 240 Å². The van der Waals surface area contributed by atoms with Crippen LogP contribution in [-0.4, -0.2) is 11.6 Å². The Kier molecular flexibility index (Phi) is 27.4. The Hall–Kier alpha value is -0.660. The van der Waals surface area contributed by atoms with E-state index < -0.39 is 5.41 Å². The molecule has 2 nitrogen and oxygen atoms in total. The SMILES string of the molecule is CCCCCCCCCCCCCCCC(=O)C(C)(CC)C(=O)CCCCCCCCCCCCCCC. The summed E-state index contributed by atoms with van der Waals surface area (Å²) < 4.78 is 0. The third-order valence-electron chi connectivity index (χ3n) is 8.95. The van der Waals surface area contributed by atoms with Crippen LogP contribution in [0.1, 0.15) is 214 Å². The first-order chi connectivity index (χ1) is 18.5. The van der Waals surface area contributed by atoms with Gasteiger partial charge in [-0.25, -0.2) is 0 Å². The van der Waals surface area contributed by atoms with Gasteiger partial charge in [-0.1, -0.05) is 175 Å². The van der Waals surface area contributed by atoms with E-state index in [-0.39, 0.29) is 11.6 Å². The molecule has 38 heavy (non-hydrogen) atoms. The molecule has 0 unspecified atom stereocenters. The van der Waals surface area contributed by atoms with Gasteiger partial charge in [0.15, 0.2) is 0 Å². The lowest BCUT2D eigenvalue weighted by atomic mass is 9.75. The molecule has 0 bridgehead atoms. The summed E-state index contributed by atoms with van der Waals surface area (Å²) in [5.41, 5.74) is -0.742. The molecule has 0 saturated heterocycles. The quantitative estimate of drug-likeness (QED) is 0.0654. The third-order valence-corrected chi connectivity index (χ3v) is 8.95. The molecular formula is C36H70O2. The Balaban J connectivity index is 3.73. The summed E-state index contributed by atoms with van der Waals surface area (Å²) in [6.45, 7) is 8.49. The van der Waals surface area contributed by atoms with Crippen molar-refractivity contribution in [2.45, 2.75) is 214 Å². The Morgan fingerprint density at radius 1 is 0.368 bits per heavy atom. The fourth-order valence-corrected chi connectivity index (χ4v) is 5.71. The zero-order valence-electron chi connectivity index (χ0n) is 26.8. The first kappa shape index (κ1) is 37.3. The van der Waals surface area contributed by atoms with Crippen molar-refractivity contribution in [2.75, 3.05) is 0 Å². The highest BCUT2D eigenvalue weighted by atomic mass is 16.2. The minimum absolute atomic E-state index is 0.197. The van der Waals surface area contributed by atoms with Crippen molar-refractivity contribution in [2.24, 2.45) is 5.41 Å². The van der Waals surface area contributed by atoms with Crippen molar-refractivity contribution in [1.82, 2.24) is 0 Å². The molecule has 0 aliphatic carbocycles. The molecule has 0 aromatic carbocycles. The second-order valence-electron chi connectivity index (χ2n) is 12.5. The fraction of sp³-hybridized carbons (Fsp3) is 0.944. The van der Waals surface area contributed by atoms with Crippen molar-refractivity contribution in [3.63, 3.8) is 0 Å². The van der Waals surface area contributed by atoms with Gasteiger partial charge in [0.2, 0.25) is 0 Å². The van der Waals surface area contributed by atoms with Crippen molar-refractivity contribution >= 4 is 11.6 Å². The molecule has 0 heterocycles. The summed E-state index contributed by atoms with van der Waals surface area (Å²) in [5, 5.41) is 0. The maximum absolute atomic E-state index is 13.0. The Morgan fingerprint density at radius 3 is 0.789 bits per heavy atom. The Bertz CT molecular complexity index is 481. The summed E-state index contributed by atoms with van der Waals surface area (Å²) in [6, 6.07) is 0. The van der Waals surface area contributed by atoms with Crippen LogP contribution in [0.25, 0.3) is 0 Å². The fourth-order valence-electron chi connectivity index (χ4n) is 5.71. The number of Topliss-reactive ketones (excluding diaryl/α,β-unsaturated/α-hetero) is 2. The standard InChI is InChI=1S/C36H70O2/c1-5-8-10-12-14-16-18-20-22-24-26-28-30-32-34(37)36(4,7-3)35(38)33-31-29-27-25-23-21-19-17-15-13-11-9-6-2/h5-33H2,1-4H3. The van der Waals surface area contributed by atoms with Gasteiger partial charge in [0.1, 0.15) is 11.6 Å². The van der Waals surface area contributed by atoms with Crippen LogP contribution >= 0.6 is 0 Å². The molecule has 0 saturated carbocycles. The lowest BCUT2D eigenvalue weighted by molar-refractivity contribution is -0.140. The van der Waals surface area contributed by atoms with Crippen LogP contribution < -0.4 is 0 Å². The van der Waals surface area contributed by atoms with Gasteiger partial charge in [-0.3, -0.25) is 9.59 Å². The second kappa shape index (κ2) is 27.9. The minimum atomic E-state index is -0.742. The van der Waals surface area contributed by atoms with Crippen molar-refractivity contribution in [1.29, 1.82) is 0 Å². The number of hydrogen-bond donors (Lipinski definition) is 0. The first-order valence-electron chi connectivity index (χ1n) is 17.6. The van der Waals surface area contributed by atoms with Crippen LogP contribution in [0.2, 0.25) is 0 Å². The molecule has 226 valence electrons. The largest absolute Gasteiger partial charge is 0.299 e. The van der Waals surface area contributed by atoms with E-state index in [9.17, 15) is 9.59 Å². The van der Waals surface area contributed by atoms with Crippen molar-refractivity contribution in [3.05, 3.63) is 0 Å². The molecule has 0 spiro atoms. The average molecular weight is 535 g/mol. The van der Waals surface area contributed by atoms with Crippen LogP contribution in [0.3, 0.4) is 0 Å². The summed E-state index contributed by atoms with van der Waals surface area (Å²) in [6.07, 6.45) is 36.0. The van der Waals surface area contributed by atoms with Crippen LogP contribution in [0.15, 0.2) is 0 Å². The van der Waals surface area contributed by atoms with Gasteiger partial charge >= 0.3 is 0 Å². The Morgan fingerprint density at radius 2 is 0.579 bits per heavy atom. The van der Waals surface area contributed by atoms with E-state index in [2.05, 4.69) is 13.8 Å². The predicted molar refractivity (Wildman–Crippen MR) is 169 cm³/mol. The van der Waals surface area contributed by atoms with Gasteiger partial charge in [-0.2, -0.15) is 0 Å². The molecule has 0 aromatic rings. The van der Waals surface area contributed by atoms with Crippen LogP contribution in [0.5, 0.6) is 0 Å². The maximum Gasteiger partial charge on any atom is 0.146 e. The van der Waals surface area contributed by atoms with Crippen LogP contribution in [0, 0.1) is 5.41 Å². The van der Waals surface area contributed by atoms with Gasteiger partial charge in [-0.15, -0.1) is 0 Å². The molecule has 0 amide bonds. The summed E-state index contributed by atoms with van der Waals surface area (Å²) >= 11 is 0. The van der Waals surface area contributed by atoms with Gasteiger partial charge in [0, 0.05) is 12.8 Å². The third kappa shape index (κ3) is 21.2. The van der Waals surface area contributed by atoms with Gasteiger partial charge in [0.05, 0.1) is 5.41 Å². The summed E-state index contributed by atoms with van der Waals surface area (Å²) in [4.78, 5) is 25.9. The van der Waals surface area contributed by atoms with E-state index in [1.807, 2.05) is 13.8 Å². The predicted octanol–water partition coefficient (Wildman–Crippen LogP) is 12.5. The van der Waals surface area contributed by atoms with E-state index >= 15 is 0 Å². The number of hydrogen-bond acceptors (Lipinski definition) is 2. The van der Waals surface area contributed by atoms with Crippen LogP contribution in [0.4, 0.5) is 0 Å². The van der Waals surface area contributed by atoms with Gasteiger partial charge in [-0.05, 0) is 26.2 Å². The summed E-state index contributed by atoms with van der Waals surface area (Å²) in [7, 11) is 0. The zero-order valence-corrected chi connectivity index (χ0v) is 26.8. The molecule has 0 rings (SSSR count). The van der Waals surface area contributed by atoms with Crippen molar-refractivity contribution < 1.29 is 9.59 Å². The molecule has 0 radical (unpaired) electrons. The zero-order chi connectivity index (χ0) is 28.2. The minimum Gasteiger partial charge on any atom is -0.299 e. The molecule has 0 N–H and O–H groups in total. The molecule has 0 aliphatic rings. The number of ketones is 2. The molecule has 0 atom stereocenters. The monoisotopic (exact) mass is 535 g/mol. The highest BCUT2D eigenvalue weighted by Gasteiger charge is 2.37. The summed E-state index contributed by atoms with van der Waals surface area (Å²) in [5.74, 6) is 0.394. The number of unbranched alkanes of at least 4 members (excludes halogenated alkanes) is 24. The van der Waals surface area contributed by atoms with E-state index in [0.29, 0.717) is 19.3 Å². The molecule has 0 aromatic heterocycles. The number of rotatable bonds is 31. The first-order valence-corrected chi connectivity index (χ1v) is 17.6. The average Bonchev–Trinajstić information content (AvgIpc) is 2.93.